The van der Waals surface area contributed by atoms with Crippen molar-refractivity contribution in [1.29, 1.82) is 0 Å². The molecule has 34 heavy (non-hydrogen) atoms. The van der Waals surface area contributed by atoms with Crippen molar-refractivity contribution < 1.29 is 103 Å². The topological polar surface area (TPSA) is 263 Å². The van der Waals surface area contributed by atoms with Crippen LogP contribution < -0.4 is 67.5 Å². The maximum atomic E-state index is 12.7. The van der Waals surface area contributed by atoms with Crippen LogP contribution in [0, 0.1) is 0 Å². The van der Waals surface area contributed by atoms with E-state index in [2.05, 4.69) is 25.3 Å². The normalized spacial score (nSPS) is 18.1. The number of amides is 2. The van der Waals surface area contributed by atoms with E-state index in [1.54, 1.807) is 0 Å². The van der Waals surface area contributed by atoms with Crippen LogP contribution in [0.25, 0.3) is 0 Å². The van der Waals surface area contributed by atoms with Gasteiger partial charge in [0.1, 0.15) is 30.9 Å². The van der Waals surface area contributed by atoms with Gasteiger partial charge in [-0.05, 0) is 0 Å². The predicted molar refractivity (Wildman–Crippen MR) is 105 cm³/mol. The van der Waals surface area contributed by atoms with E-state index in [-0.39, 0.29) is 72.9 Å². The predicted octanol–water partition coefficient (Wildman–Crippen LogP) is -7.04. The number of carboxylic acids is 1. The van der Waals surface area contributed by atoms with Crippen LogP contribution in [0.1, 0.15) is 5.69 Å². The second-order valence-corrected chi connectivity index (χ2v) is 8.12. The summed E-state index contributed by atoms with van der Waals surface area (Å²) in [6.45, 7) is -2.40. The maximum absolute atomic E-state index is 12.7. The summed E-state index contributed by atoms with van der Waals surface area (Å²) in [5.41, 5.74) is 4.76. The number of carboxylic acid groups (broad SMARTS) is 1. The number of nitrogens with two attached hydrogens (primary N) is 1. The Bertz CT molecular complexity index is 1110. The van der Waals surface area contributed by atoms with Crippen LogP contribution >= 0.6 is 11.3 Å². The van der Waals surface area contributed by atoms with Crippen LogP contribution in [-0.2, 0) is 39.1 Å². The summed E-state index contributed by atoms with van der Waals surface area (Å²) in [6, 6.07) is -3.17. The molecule has 2 heterocycles. The van der Waals surface area contributed by atoms with Crippen LogP contribution in [0.5, 0.6) is 0 Å². The SMILES string of the molecule is Nc1nc(/C(=N\OCC(=O)O)C(=O)N[C@@H]2C(=O)N(S(=O)(=O)O)[C@@H]2COC(=O)CN=C[O-])cs1.[K+]. The van der Waals surface area contributed by atoms with Gasteiger partial charge in [0.2, 0.25) is 6.61 Å². The molecule has 2 amide bonds. The van der Waals surface area contributed by atoms with Gasteiger partial charge in [-0.15, -0.1) is 11.3 Å². The second kappa shape index (κ2) is 13.0. The van der Waals surface area contributed by atoms with E-state index in [1.165, 1.54) is 5.38 Å². The fourth-order valence-corrected chi connectivity index (χ4v) is 3.84. The van der Waals surface area contributed by atoms with Gasteiger partial charge in [0.15, 0.2) is 10.8 Å². The first-order chi connectivity index (χ1) is 15.5. The minimum absolute atomic E-state index is 0. The molecule has 1 fully saturated rings. The number of carbonyl (C=O) groups is 4. The number of β-lactam (4-membered cyclic amide) rings is 1. The zero-order valence-electron chi connectivity index (χ0n) is 17.2. The van der Waals surface area contributed by atoms with Crippen molar-refractivity contribution in [3.63, 3.8) is 0 Å². The summed E-state index contributed by atoms with van der Waals surface area (Å²) in [5.74, 6) is -4.87. The molecule has 0 aromatic carbocycles. The molecule has 180 valence electrons. The third-order valence-corrected chi connectivity index (χ3v) is 5.36. The molecule has 5 N–H and O–H groups in total. The number of oxime groups is 1. The van der Waals surface area contributed by atoms with Crippen LogP contribution in [0.2, 0.25) is 0 Å². The molecule has 1 aromatic rings. The van der Waals surface area contributed by atoms with Crippen molar-refractivity contribution >= 4 is 62.6 Å². The number of nitrogens with one attached hydrogen (secondary N) is 1. The molecule has 20 heteroatoms. The summed E-state index contributed by atoms with van der Waals surface area (Å²) in [7, 11) is -5.08. The second-order valence-electron chi connectivity index (χ2n) is 5.94. The van der Waals surface area contributed by atoms with Crippen molar-refractivity contribution in [3.05, 3.63) is 11.1 Å². The molecule has 2 rings (SSSR count). The standard InChI is InChI=1S/C14H16N6O11S2.K/c15-14-17-6(4-32-14)10(19-31-3-8(22)23)12(25)18-11-7(2-30-9(24)1-16-5-21)20(13(11)26)33(27,28)29;/h4-5,7,11H,1-3H2,(H2,15,17)(H,16,21)(H,18,25)(H,22,23)(H,27,28,29);/q;+1/p-1/b19-10+;/t7-,11+;/m1./s1. The number of aliphatic imine (C=N–C) groups is 1. The van der Waals surface area contributed by atoms with E-state index in [0.29, 0.717) is 0 Å². The Hall–Kier alpha value is -2.20. The minimum atomic E-state index is -5.08. The quantitative estimate of drug-likeness (QED) is 0.0383. The van der Waals surface area contributed by atoms with Gasteiger partial charge in [-0.25, -0.2) is 14.1 Å². The molecule has 2 atom stereocenters. The number of thiazole rings is 1. The van der Waals surface area contributed by atoms with Crippen molar-refractivity contribution in [2.24, 2.45) is 10.1 Å². The summed E-state index contributed by atoms with van der Waals surface area (Å²) >= 11 is 0.906. The molecule has 17 nitrogen and oxygen atoms in total. The Morgan fingerprint density at radius 3 is 2.62 bits per heavy atom. The van der Waals surface area contributed by atoms with Gasteiger partial charge in [0, 0.05) is 5.38 Å². The number of esters is 1. The summed E-state index contributed by atoms with van der Waals surface area (Å²) in [4.78, 5) is 58.4. The number of aliphatic carboxylic acids is 1. The number of ether oxygens (including phenoxy) is 1. The van der Waals surface area contributed by atoms with E-state index in [1.807, 2.05) is 0 Å². The molecule has 0 saturated carbocycles. The Labute approximate surface area is 237 Å². The molecular weight excluding hydrogens is 531 g/mol. The third-order valence-electron chi connectivity index (χ3n) is 3.74. The minimum Gasteiger partial charge on any atom is -0.864 e. The monoisotopic (exact) mass is 546 g/mol. The number of nitrogens with zero attached hydrogens (tertiary/aromatic N) is 4. The van der Waals surface area contributed by atoms with Gasteiger partial charge in [0.05, 0.1) is 0 Å². The third kappa shape index (κ3) is 7.94. The molecule has 0 bridgehead atoms. The largest absolute Gasteiger partial charge is 1.00 e. The number of hydrogen-bond acceptors (Lipinski definition) is 14. The fraction of sp³-hybridized carbons (Fsp3) is 0.357. The van der Waals surface area contributed by atoms with E-state index in [0.717, 1.165) is 11.3 Å². The van der Waals surface area contributed by atoms with Gasteiger partial charge in [-0.2, -0.15) is 8.42 Å². The van der Waals surface area contributed by atoms with Gasteiger partial charge in [-0.3, -0.25) is 23.9 Å². The Morgan fingerprint density at radius 1 is 1.41 bits per heavy atom. The van der Waals surface area contributed by atoms with Crippen molar-refractivity contribution in [1.82, 2.24) is 14.6 Å². The van der Waals surface area contributed by atoms with E-state index >= 15 is 0 Å². The van der Waals surface area contributed by atoms with Crippen molar-refractivity contribution in [3.8, 4) is 0 Å². The Morgan fingerprint density at radius 2 is 2.09 bits per heavy atom. The molecule has 1 aliphatic rings. The first-order valence-corrected chi connectivity index (χ1v) is 10.7. The van der Waals surface area contributed by atoms with Crippen LogP contribution in [0.3, 0.4) is 0 Å². The maximum Gasteiger partial charge on any atom is 1.00 e. The van der Waals surface area contributed by atoms with Gasteiger partial charge >= 0.3 is 73.6 Å². The summed E-state index contributed by atoms with van der Waals surface area (Å²) < 4.78 is 36.9. The molecule has 0 aliphatic carbocycles. The van der Waals surface area contributed by atoms with Gasteiger partial charge in [-0.1, -0.05) is 11.6 Å². The van der Waals surface area contributed by atoms with Crippen molar-refractivity contribution in [2.75, 3.05) is 25.5 Å². The molecule has 0 unspecified atom stereocenters. The zero-order valence-corrected chi connectivity index (χ0v) is 21.9. The number of aromatic nitrogens is 1. The van der Waals surface area contributed by atoms with Crippen LogP contribution in [-0.4, -0.2) is 95.1 Å². The van der Waals surface area contributed by atoms with E-state index in [4.69, 9.17) is 15.6 Å². The first kappa shape index (κ1) is 29.8. The van der Waals surface area contributed by atoms with Crippen molar-refractivity contribution in [2.45, 2.75) is 12.1 Å². The molecule has 0 radical (unpaired) electrons. The first-order valence-electron chi connectivity index (χ1n) is 8.46. The number of anilines is 1. The smallest absolute Gasteiger partial charge is 0.864 e. The molecule has 1 aromatic heterocycles. The summed E-state index contributed by atoms with van der Waals surface area (Å²) in [6.07, 6.45) is 0.0835. The van der Waals surface area contributed by atoms with E-state index in [9.17, 15) is 37.3 Å². The van der Waals surface area contributed by atoms with E-state index < -0.39 is 71.6 Å². The van der Waals surface area contributed by atoms with Crippen LogP contribution in [0.15, 0.2) is 15.5 Å². The van der Waals surface area contributed by atoms with Crippen LogP contribution in [0.4, 0.5) is 5.13 Å². The fourth-order valence-electron chi connectivity index (χ4n) is 2.42. The number of rotatable bonds is 11. The number of hydrogen-bond donors (Lipinski definition) is 4. The number of carbonyl (C=O) groups excluding carboxylic acids is 3. The van der Waals surface area contributed by atoms with Gasteiger partial charge < -0.3 is 30.8 Å². The average molecular weight is 547 g/mol. The zero-order chi connectivity index (χ0) is 24.8. The molecule has 1 aliphatic heterocycles. The molecule has 1 saturated heterocycles. The molecular formula is C14H15KN6O11S2. The van der Waals surface area contributed by atoms with Gasteiger partial charge in [0.25, 0.3) is 11.8 Å². The Balaban J connectivity index is 0.00000578. The average Bonchev–Trinajstić information content (AvgIpc) is 3.14. The Kier molecular flexibility index (Phi) is 11.4. The number of nitrogen functional groups attached to an aromatic ring is 1. The summed E-state index contributed by atoms with van der Waals surface area (Å²) in [5, 5.41) is 25.6. The molecule has 0 spiro atoms.